The predicted octanol–water partition coefficient (Wildman–Crippen LogP) is 3.98. The van der Waals surface area contributed by atoms with E-state index in [0.29, 0.717) is 29.9 Å². The molecule has 5 rings (SSSR count). The Bertz CT molecular complexity index is 1620. The van der Waals surface area contributed by atoms with Crippen LogP contribution in [0.5, 0.6) is 0 Å². The molecule has 0 bridgehead atoms. The summed E-state index contributed by atoms with van der Waals surface area (Å²) in [5.41, 5.74) is 5.11. The van der Waals surface area contributed by atoms with Gasteiger partial charge in [0.25, 0.3) is 11.2 Å². The van der Waals surface area contributed by atoms with E-state index >= 15 is 0 Å². The van der Waals surface area contributed by atoms with Gasteiger partial charge < -0.3 is 4.90 Å². The van der Waals surface area contributed by atoms with E-state index in [-0.39, 0.29) is 27.8 Å². The fraction of sp³-hybridized carbons (Fsp3) is 0.172. The van der Waals surface area contributed by atoms with Crippen molar-refractivity contribution in [2.24, 2.45) is 5.10 Å². The number of hydrogen-bond donors (Lipinski definition) is 2. The largest absolute Gasteiger partial charge is 0.363 e. The van der Waals surface area contributed by atoms with Crippen molar-refractivity contribution >= 4 is 23.5 Å². The zero-order chi connectivity index (χ0) is 27.9. The Morgan fingerprint density at radius 2 is 1.75 bits per heavy atom. The van der Waals surface area contributed by atoms with Crippen molar-refractivity contribution in [3.05, 3.63) is 116 Å². The number of benzene rings is 3. The highest BCUT2D eigenvalue weighted by Crippen LogP contribution is 2.30. The lowest BCUT2D eigenvalue weighted by atomic mass is 10.1. The van der Waals surface area contributed by atoms with Crippen LogP contribution in [-0.4, -0.2) is 52.2 Å². The van der Waals surface area contributed by atoms with Gasteiger partial charge in [-0.05, 0) is 11.6 Å². The van der Waals surface area contributed by atoms with Crippen LogP contribution >= 0.6 is 0 Å². The van der Waals surface area contributed by atoms with Crippen LogP contribution in [0.2, 0.25) is 0 Å². The normalized spacial score (nSPS) is 13.7. The van der Waals surface area contributed by atoms with Crippen LogP contribution in [0.3, 0.4) is 0 Å². The van der Waals surface area contributed by atoms with Crippen LogP contribution in [0.1, 0.15) is 16.7 Å². The molecule has 0 saturated carbocycles. The van der Waals surface area contributed by atoms with Crippen molar-refractivity contribution in [1.29, 1.82) is 5.26 Å². The highest BCUT2D eigenvalue weighted by atomic mass is 16.6. The van der Waals surface area contributed by atoms with E-state index < -0.39 is 5.56 Å². The van der Waals surface area contributed by atoms with E-state index in [1.165, 1.54) is 17.8 Å². The van der Waals surface area contributed by atoms with Gasteiger partial charge in [-0.1, -0.05) is 66.7 Å². The monoisotopic (exact) mass is 534 g/mol. The van der Waals surface area contributed by atoms with E-state index in [1.807, 2.05) is 35.2 Å². The topological polar surface area (TPSA) is 144 Å². The smallest absolute Gasteiger partial charge is 0.293 e. The number of nitriles is 1. The Morgan fingerprint density at radius 3 is 2.42 bits per heavy atom. The molecule has 0 atom stereocenters. The summed E-state index contributed by atoms with van der Waals surface area (Å²) in [6, 6.07) is 26.0. The Kier molecular flexibility index (Phi) is 7.89. The summed E-state index contributed by atoms with van der Waals surface area (Å²) in [6.07, 6.45) is 1.41. The Labute approximate surface area is 230 Å². The summed E-state index contributed by atoms with van der Waals surface area (Å²) in [7, 11) is 0. The predicted molar refractivity (Wildman–Crippen MR) is 153 cm³/mol. The number of hydrazone groups is 1. The maximum Gasteiger partial charge on any atom is 0.293 e. The Morgan fingerprint density at radius 1 is 1.05 bits per heavy atom. The molecule has 1 aliphatic rings. The molecule has 2 heterocycles. The first-order chi connectivity index (χ1) is 19.5. The molecule has 2 N–H and O–H groups in total. The van der Waals surface area contributed by atoms with E-state index in [0.717, 1.165) is 19.6 Å². The Balaban J connectivity index is 1.28. The SMILES string of the molecule is N#Cc1c(-c2ccccc2)nc(NN=Cc2ccc(N3CCN(Cc4ccccc4)CC3)c([N+](=O)[O-])c2)[nH]c1=O. The van der Waals surface area contributed by atoms with Crippen molar-refractivity contribution in [3.8, 4) is 17.3 Å². The van der Waals surface area contributed by atoms with Crippen LogP contribution < -0.4 is 15.9 Å². The highest BCUT2D eigenvalue weighted by molar-refractivity contribution is 5.83. The summed E-state index contributed by atoms with van der Waals surface area (Å²) < 4.78 is 0. The van der Waals surface area contributed by atoms with Gasteiger partial charge >= 0.3 is 0 Å². The van der Waals surface area contributed by atoms with Gasteiger partial charge in [0.05, 0.1) is 16.8 Å². The van der Waals surface area contributed by atoms with Gasteiger partial charge in [-0.15, -0.1) is 0 Å². The molecule has 3 aromatic carbocycles. The van der Waals surface area contributed by atoms with Crippen LogP contribution in [0.15, 0.2) is 88.8 Å². The van der Waals surface area contributed by atoms with Gasteiger partial charge in [0.15, 0.2) is 0 Å². The third-order valence-electron chi connectivity index (χ3n) is 6.62. The lowest BCUT2D eigenvalue weighted by Gasteiger charge is -2.35. The number of nitrogens with one attached hydrogen (secondary N) is 2. The van der Waals surface area contributed by atoms with Crippen LogP contribution in [0, 0.1) is 21.4 Å². The van der Waals surface area contributed by atoms with E-state index in [1.54, 1.807) is 36.4 Å². The molecule has 1 aromatic heterocycles. The summed E-state index contributed by atoms with van der Waals surface area (Å²) in [4.78, 5) is 35.2. The lowest BCUT2D eigenvalue weighted by molar-refractivity contribution is -0.384. The average Bonchev–Trinajstić information content (AvgIpc) is 2.98. The number of H-pyrrole nitrogens is 1. The minimum Gasteiger partial charge on any atom is -0.363 e. The van der Waals surface area contributed by atoms with Crippen LogP contribution in [0.25, 0.3) is 11.3 Å². The zero-order valence-corrected chi connectivity index (χ0v) is 21.5. The summed E-state index contributed by atoms with van der Waals surface area (Å²) in [6.45, 7) is 3.83. The van der Waals surface area contributed by atoms with E-state index in [2.05, 4.69) is 37.5 Å². The summed E-state index contributed by atoms with van der Waals surface area (Å²) in [5, 5.41) is 25.4. The molecule has 11 heteroatoms. The minimum atomic E-state index is -0.599. The van der Waals surface area contributed by atoms with Gasteiger partial charge in [0.2, 0.25) is 5.95 Å². The van der Waals surface area contributed by atoms with Gasteiger partial charge in [-0.2, -0.15) is 10.4 Å². The lowest BCUT2D eigenvalue weighted by Crippen LogP contribution is -2.46. The number of hydrogen-bond acceptors (Lipinski definition) is 9. The first-order valence-electron chi connectivity index (χ1n) is 12.7. The molecule has 1 saturated heterocycles. The first-order valence-corrected chi connectivity index (χ1v) is 12.7. The van der Waals surface area contributed by atoms with Gasteiger partial charge in [-0.25, -0.2) is 10.4 Å². The number of rotatable bonds is 8. The molecule has 4 aromatic rings. The van der Waals surface area contributed by atoms with Crippen LogP contribution in [0.4, 0.5) is 17.3 Å². The molecule has 1 fully saturated rings. The number of nitrogens with zero attached hydrogens (tertiary/aromatic N) is 6. The highest BCUT2D eigenvalue weighted by Gasteiger charge is 2.24. The molecule has 11 nitrogen and oxygen atoms in total. The van der Waals surface area contributed by atoms with Crippen molar-refractivity contribution in [1.82, 2.24) is 14.9 Å². The molecule has 40 heavy (non-hydrogen) atoms. The van der Waals surface area contributed by atoms with Gasteiger partial charge in [0, 0.05) is 49.9 Å². The minimum absolute atomic E-state index is 0.00303. The molecular weight excluding hydrogens is 508 g/mol. The second-order valence-corrected chi connectivity index (χ2v) is 9.24. The number of aromatic nitrogens is 2. The average molecular weight is 535 g/mol. The summed E-state index contributed by atoms with van der Waals surface area (Å²) >= 11 is 0. The third-order valence-corrected chi connectivity index (χ3v) is 6.62. The quantitative estimate of drug-likeness (QED) is 0.196. The number of piperazine rings is 1. The number of aromatic amines is 1. The molecular formula is C29H26N8O3. The first kappa shape index (κ1) is 26.3. The zero-order valence-electron chi connectivity index (χ0n) is 21.5. The second-order valence-electron chi connectivity index (χ2n) is 9.24. The number of nitro groups is 1. The Hall–Kier alpha value is -5.34. The third kappa shape index (κ3) is 6.03. The molecule has 200 valence electrons. The van der Waals surface area contributed by atoms with Crippen LogP contribution in [-0.2, 0) is 6.54 Å². The van der Waals surface area contributed by atoms with Crippen molar-refractivity contribution < 1.29 is 4.92 Å². The van der Waals surface area contributed by atoms with E-state index in [4.69, 9.17) is 0 Å². The van der Waals surface area contributed by atoms with Crippen molar-refractivity contribution in [2.75, 3.05) is 36.5 Å². The summed E-state index contributed by atoms with van der Waals surface area (Å²) in [5.74, 6) is 0.0404. The van der Waals surface area contributed by atoms with Gasteiger partial charge in [0.1, 0.15) is 17.3 Å². The fourth-order valence-corrected chi connectivity index (χ4v) is 4.63. The standard InChI is InChI=1S/C29H26N8O3/c30-18-24-27(23-9-5-2-6-10-23)32-29(33-28(24)38)34-31-19-22-11-12-25(26(17-22)37(39)40)36-15-13-35(14-16-36)20-21-7-3-1-4-8-21/h1-12,17,19H,13-16,20H2,(H2,32,33,34,38). The van der Waals surface area contributed by atoms with Crippen molar-refractivity contribution in [3.63, 3.8) is 0 Å². The van der Waals surface area contributed by atoms with Crippen molar-refractivity contribution in [2.45, 2.75) is 6.54 Å². The fourth-order valence-electron chi connectivity index (χ4n) is 4.63. The molecule has 0 unspecified atom stereocenters. The molecule has 0 aliphatic carbocycles. The number of anilines is 2. The van der Waals surface area contributed by atoms with Gasteiger partial charge in [-0.3, -0.25) is 24.8 Å². The maximum absolute atomic E-state index is 12.4. The molecule has 0 spiro atoms. The second kappa shape index (κ2) is 12.0. The molecule has 0 radical (unpaired) electrons. The van der Waals surface area contributed by atoms with E-state index in [9.17, 15) is 20.2 Å². The maximum atomic E-state index is 12.4. The molecule has 0 amide bonds. The molecule has 1 aliphatic heterocycles. The number of nitro benzene ring substituents is 1.